The van der Waals surface area contributed by atoms with Crippen molar-refractivity contribution in [2.24, 2.45) is 5.10 Å². The standard InChI is InChI=1S/C33H26ClN3O4/c34-29-19-24(13-17-31(29)38)33(40)37-35-20-25-12-16-30(28-9-5-4-8-27(25)28)36-32(39)18-22-10-14-26(15-11-22)41-21-23-6-2-1-3-7-23/h1-17,19-20,38H,18,21H2,(H,36,39)(H,37,40). The van der Waals surface area contributed by atoms with E-state index in [1.54, 1.807) is 0 Å². The number of carbonyl (C=O) groups excluding carboxylic acids is 2. The van der Waals surface area contributed by atoms with Crippen LogP contribution in [0.4, 0.5) is 5.69 Å². The van der Waals surface area contributed by atoms with Gasteiger partial charge in [0.15, 0.2) is 0 Å². The monoisotopic (exact) mass is 563 g/mol. The van der Waals surface area contributed by atoms with Gasteiger partial charge in [-0.15, -0.1) is 0 Å². The van der Waals surface area contributed by atoms with Gasteiger partial charge in [-0.3, -0.25) is 9.59 Å². The number of phenolic OH excluding ortho intramolecular Hbond substituents is 1. The fraction of sp³-hybridized carbons (Fsp3) is 0.0606. The molecule has 0 bridgehead atoms. The van der Waals surface area contributed by atoms with Crippen LogP contribution in [0.1, 0.15) is 27.0 Å². The number of carbonyl (C=O) groups is 2. The smallest absolute Gasteiger partial charge is 0.271 e. The number of ether oxygens (including phenoxy) is 1. The number of rotatable bonds is 9. The number of aromatic hydroxyl groups is 1. The van der Waals surface area contributed by atoms with E-state index in [2.05, 4.69) is 15.8 Å². The number of phenols is 1. The average Bonchev–Trinajstić information content (AvgIpc) is 2.99. The Labute approximate surface area is 242 Å². The highest BCUT2D eigenvalue weighted by molar-refractivity contribution is 6.32. The zero-order valence-electron chi connectivity index (χ0n) is 21.9. The van der Waals surface area contributed by atoms with E-state index < -0.39 is 5.91 Å². The van der Waals surface area contributed by atoms with Crippen LogP contribution in [-0.4, -0.2) is 23.1 Å². The number of hydrazone groups is 1. The van der Waals surface area contributed by atoms with Crippen LogP contribution in [-0.2, 0) is 17.8 Å². The summed E-state index contributed by atoms with van der Waals surface area (Å²) in [5.41, 5.74) is 6.12. The van der Waals surface area contributed by atoms with E-state index in [4.69, 9.17) is 16.3 Å². The number of nitrogens with one attached hydrogen (secondary N) is 2. The molecular weight excluding hydrogens is 538 g/mol. The molecule has 2 amide bonds. The fourth-order valence-electron chi connectivity index (χ4n) is 4.24. The van der Waals surface area contributed by atoms with Crippen LogP contribution in [0.2, 0.25) is 5.02 Å². The van der Waals surface area contributed by atoms with E-state index in [1.165, 1.54) is 24.4 Å². The first-order valence-corrected chi connectivity index (χ1v) is 13.2. The van der Waals surface area contributed by atoms with Crippen LogP contribution in [0.25, 0.3) is 10.8 Å². The molecular formula is C33H26ClN3O4. The van der Waals surface area contributed by atoms with Crippen LogP contribution >= 0.6 is 11.6 Å². The van der Waals surface area contributed by atoms with Crippen LogP contribution in [0.15, 0.2) is 114 Å². The van der Waals surface area contributed by atoms with Crippen molar-refractivity contribution < 1.29 is 19.4 Å². The first-order valence-electron chi connectivity index (χ1n) is 12.9. The van der Waals surface area contributed by atoms with Gasteiger partial charge in [0.05, 0.1) is 17.7 Å². The fourth-order valence-corrected chi connectivity index (χ4v) is 4.42. The first kappa shape index (κ1) is 27.4. The van der Waals surface area contributed by atoms with Crippen molar-refractivity contribution in [2.75, 3.05) is 5.32 Å². The maximum Gasteiger partial charge on any atom is 0.271 e. The van der Waals surface area contributed by atoms with Crippen LogP contribution in [0, 0.1) is 0 Å². The van der Waals surface area contributed by atoms with Crippen molar-refractivity contribution in [3.05, 3.63) is 136 Å². The van der Waals surface area contributed by atoms with E-state index in [0.29, 0.717) is 12.3 Å². The Bertz CT molecular complexity index is 1720. The minimum atomic E-state index is -0.466. The van der Waals surface area contributed by atoms with Gasteiger partial charge in [-0.05, 0) is 52.9 Å². The lowest BCUT2D eigenvalue weighted by molar-refractivity contribution is -0.115. The summed E-state index contributed by atoms with van der Waals surface area (Å²) in [6, 6.07) is 32.9. The molecule has 0 unspecified atom stereocenters. The number of amides is 2. The van der Waals surface area contributed by atoms with Crippen LogP contribution < -0.4 is 15.5 Å². The first-order chi connectivity index (χ1) is 20.0. The number of nitrogens with zero attached hydrogens (tertiary/aromatic N) is 1. The Kier molecular flexibility index (Phi) is 8.57. The summed E-state index contributed by atoms with van der Waals surface area (Å²) in [4.78, 5) is 25.3. The highest BCUT2D eigenvalue weighted by Gasteiger charge is 2.11. The molecule has 204 valence electrons. The SMILES string of the molecule is O=C(Cc1ccc(OCc2ccccc2)cc1)Nc1ccc(C=NNC(=O)c2ccc(O)c(Cl)c2)c2ccccc12. The van der Waals surface area contributed by atoms with Crippen molar-refractivity contribution in [2.45, 2.75) is 13.0 Å². The van der Waals surface area contributed by atoms with Gasteiger partial charge in [0.1, 0.15) is 18.1 Å². The molecule has 3 N–H and O–H groups in total. The van der Waals surface area contributed by atoms with Crippen molar-refractivity contribution >= 4 is 46.1 Å². The molecule has 0 heterocycles. The summed E-state index contributed by atoms with van der Waals surface area (Å²) in [5, 5.41) is 18.4. The van der Waals surface area contributed by atoms with Crippen LogP contribution in [0.3, 0.4) is 0 Å². The molecule has 0 atom stereocenters. The number of halogens is 1. The molecule has 0 saturated heterocycles. The summed E-state index contributed by atoms with van der Waals surface area (Å²) in [6.45, 7) is 0.480. The van der Waals surface area contributed by atoms with E-state index in [0.717, 1.165) is 33.2 Å². The molecule has 0 aliphatic heterocycles. The second-order valence-electron chi connectivity index (χ2n) is 9.26. The summed E-state index contributed by atoms with van der Waals surface area (Å²) in [7, 11) is 0. The topological polar surface area (TPSA) is 100 Å². The van der Waals surface area contributed by atoms with Gasteiger partial charge in [-0.2, -0.15) is 5.10 Å². The Morgan fingerprint density at radius 3 is 2.32 bits per heavy atom. The van der Waals surface area contributed by atoms with Crippen LogP contribution in [0.5, 0.6) is 11.5 Å². The third-order valence-electron chi connectivity index (χ3n) is 6.35. The number of fused-ring (bicyclic) bond motifs is 1. The summed E-state index contributed by atoms with van der Waals surface area (Å²) in [6.07, 6.45) is 1.75. The number of anilines is 1. The number of hydrogen-bond acceptors (Lipinski definition) is 5. The molecule has 7 nitrogen and oxygen atoms in total. The van der Waals surface area contributed by atoms with Gasteiger partial charge in [-0.1, -0.05) is 84.4 Å². The lowest BCUT2D eigenvalue weighted by Gasteiger charge is -2.11. The molecule has 0 spiro atoms. The second kappa shape index (κ2) is 12.8. The van der Waals surface area contributed by atoms with Crippen molar-refractivity contribution in [1.29, 1.82) is 0 Å². The predicted octanol–water partition coefficient (Wildman–Crippen LogP) is 6.72. The van der Waals surface area contributed by atoms with Crippen molar-refractivity contribution in [3.8, 4) is 11.5 Å². The third kappa shape index (κ3) is 7.09. The number of benzene rings is 5. The van der Waals surface area contributed by atoms with Gasteiger partial charge in [0.2, 0.25) is 5.91 Å². The molecule has 0 fully saturated rings. The third-order valence-corrected chi connectivity index (χ3v) is 6.65. The minimum Gasteiger partial charge on any atom is -0.506 e. The lowest BCUT2D eigenvalue weighted by Crippen LogP contribution is -2.17. The molecule has 5 rings (SSSR count). The maximum atomic E-state index is 12.9. The van der Waals surface area contributed by atoms with E-state index in [1.807, 2.05) is 91.0 Å². The highest BCUT2D eigenvalue weighted by Crippen LogP contribution is 2.27. The van der Waals surface area contributed by atoms with Gasteiger partial charge >= 0.3 is 0 Å². The average molecular weight is 564 g/mol. The molecule has 5 aromatic rings. The number of hydrogen-bond donors (Lipinski definition) is 3. The Balaban J connectivity index is 1.21. The van der Waals surface area contributed by atoms with Crippen molar-refractivity contribution in [3.63, 3.8) is 0 Å². The Hall–Kier alpha value is -5.14. The summed E-state index contributed by atoms with van der Waals surface area (Å²) in [5.74, 6) is 0.0261. The minimum absolute atomic E-state index is 0.0788. The zero-order valence-corrected chi connectivity index (χ0v) is 22.6. The quantitative estimate of drug-likeness (QED) is 0.137. The highest BCUT2D eigenvalue weighted by atomic mass is 35.5. The van der Waals surface area contributed by atoms with Gasteiger partial charge in [0, 0.05) is 22.2 Å². The summed E-state index contributed by atoms with van der Waals surface area (Å²) < 4.78 is 5.83. The van der Waals surface area contributed by atoms with Gasteiger partial charge < -0.3 is 15.2 Å². The van der Waals surface area contributed by atoms with E-state index in [9.17, 15) is 14.7 Å². The summed E-state index contributed by atoms with van der Waals surface area (Å²) >= 11 is 5.88. The molecule has 5 aromatic carbocycles. The molecule has 41 heavy (non-hydrogen) atoms. The molecule has 8 heteroatoms. The van der Waals surface area contributed by atoms with Gasteiger partial charge in [0.25, 0.3) is 5.91 Å². The predicted molar refractivity (Wildman–Crippen MR) is 162 cm³/mol. The molecule has 0 aromatic heterocycles. The maximum absolute atomic E-state index is 12.9. The van der Waals surface area contributed by atoms with Gasteiger partial charge in [-0.25, -0.2) is 5.43 Å². The zero-order chi connectivity index (χ0) is 28.6. The molecule has 0 aliphatic carbocycles. The van der Waals surface area contributed by atoms with E-state index in [-0.39, 0.29) is 28.7 Å². The Morgan fingerprint density at radius 2 is 1.56 bits per heavy atom. The molecule has 0 saturated carbocycles. The molecule has 0 radical (unpaired) electrons. The Morgan fingerprint density at radius 1 is 0.829 bits per heavy atom. The van der Waals surface area contributed by atoms with E-state index >= 15 is 0 Å². The second-order valence-corrected chi connectivity index (χ2v) is 9.66. The normalized spacial score (nSPS) is 11.0. The lowest BCUT2D eigenvalue weighted by atomic mass is 10.0. The van der Waals surface area contributed by atoms with Crippen molar-refractivity contribution in [1.82, 2.24) is 5.43 Å². The largest absolute Gasteiger partial charge is 0.506 e. The molecule has 0 aliphatic rings.